The highest BCUT2D eigenvalue weighted by Crippen LogP contribution is 2.25. The minimum absolute atomic E-state index is 0.0619. The van der Waals surface area contributed by atoms with E-state index in [9.17, 15) is 9.90 Å². The number of carbonyl (C=O) groups is 1. The predicted octanol–water partition coefficient (Wildman–Crippen LogP) is 0.900. The number of aliphatic hydroxyl groups excluding tert-OH is 1. The number of ether oxygens (including phenoxy) is 1. The summed E-state index contributed by atoms with van der Waals surface area (Å²) in [5, 5.41) is 13.3. The monoisotopic (exact) mass is 308 g/mol. The minimum atomic E-state index is -0.594. The molecule has 1 aromatic rings. The number of amides is 1. The van der Waals surface area contributed by atoms with Crippen molar-refractivity contribution in [1.82, 2.24) is 10.2 Å². The van der Waals surface area contributed by atoms with Crippen LogP contribution in [0.4, 0.5) is 0 Å². The van der Waals surface area contributed by atoms with Crippen molar-refractivity contribution < 1.29 is 19.1 Å². The average molecular weight is 308 g/mol. The van der Waals surface area contributed by atoms with Gasteiger partial charge in [0.25, 0.3) is 0 Å². The van der Waals surface area contributed by atoms with Gasteiger partial charge >= 0.3 is 0 Å². The van der Waals surface area contributed by atoms with Gasteiger partial charge in [-0.15, -0.1) is 0 Å². The molecular formula is C16H24N2O4. The third-order valence-electron chi connectivity index (χ3n) is 4.47. The van der Waals surface area contributed by atoms with Gasteiger partial charge in [-0.05, 0) is 25.0 Å². The van der Waals surface area contributed by atoms with Crippen LogP contribution in [0.3, 0.4) is 0 Å². The molecule has 1 saturated carbocycles. The van der Waals surface area contributed by atoms with E-state index in [0.717, 1.165) is 18.6 Å². The summed E-state index contributed by atoms with van der Waals surface area (Å²) in [6, 6.07) is 4.25. The summed E-state index contributed by atoms with van der Waals surface area (Å²) in [5.41, 5.74) is 0. The van der Waals surface area contributed by atoms with Crippen LogP contribution in [0, 0.1) is 0 Å². The van der Waals surface area contributed by atoms with Crippen molar-refractivity contribution in [2.24, 2.45) is 0 Å². The van der Waals surface area contributed by atoms with Gasteiger partial charge in [0.2, 0.25) is 5.91 Å². The van der Waals surface area contributed by atoms with Gasteiger partial charge in [-0.2, -0.15) is 0 Å². The largest absolute Gasteiger partial charge is 0.467 e. The van der Waals surface area contributed by atoms with Crippen molar-refractivity contribution in [2.75, 3.05) is 19.7 Å². The normalized spacial score (nSPS) is 27.2. The first kappa shape index (κ1) is 15.5. The Bertz CT molecular complexity index is 477. The summed E-state index contributed by atoms with van der Waals surface area (Å²) >= 11 is 0. The Hall–Kier alpha value is -1.37. The van der Waals surface area contributed by atoms with E-state index in [-0.39, 0.29) is 18.6 Å². The lowest BCUT2D eigenvalue weighted by atomic mass is 9.87. The smallest absolute Gasteiger partial charge is 0.234 e. The van der Waals surface area contributed by atoms with Crippen LogP contribution in [0.2, 0.25) is 0 Å². The molecule has 0 spiro atoms. The van der Waals surface area contributed by atoms with Crippen molar-refractivity contribution in [3.05, 3.63) is 24.2 Å². The van der Waals surface area contributed by atoms with Gasteiger partial charge in [-0.1, -0.05) is 12.8 Å². The van der Waals surface area contributed by atoms with Crippen LogP contribution in [0.5, 0.6) is 0 Å². The molecule has 2 heterocycles. The maximum absolute atomic E-state index is 11.8. The molecular weight excluding hydrogens is 284 g/mol. The second-order valence-electron chi connectivity index (χ2n) is 6.20. The molecule has 6 heteroatoms. The Kier molecular flexibility index (Phi) is 5.12. The van der Waals surface area contributed by atoms with Crippen LogP contribution in [0.25, 0.3) is 0 Å². The van der Waals surface area contributed by atoms with Gasteiger partial charge in [0.05, 0.1) is 25.5 Å². The fourth-order valence-electron chi connectivity index (χ4n) is 3.48. The van der Waals surface area contributed by atoms with Crippen LogP contribution in [0.1, 0.15) is 31.4 Å². The minimum Gasteiger partial charge on any atom is -0.467 e. The van der Waals surface area contributed by atoms with E-state index in [0.29, 0.717) is 25.7 Å². The number of hydrogen-bond donors (Lipinski definition) is 2. The molecule has 122 valence electrons. The van der Waals surface area contributed by atoms with Crippen LogP contribution < -0.4 is 5.32 Å². The number of aliphatic hydroxyl groups is 1. The molecule has 3 unspecified atom stereocenters. The number of carbonyl (C=O) groups excluding carboxylic acids is 1. The molecule has 1 aliphatic carbocycles. The molecule has 0 aromatic carbocycles. The summed E-state index contributed by atoms with van der Waals surface area (Å²) in [4.78, 5) is 13.9. The highest BCUT2D eigenvalue weighted by Gasteiger charge is 2.36. The summed E-state index contributed by atoms with van der Waals surface area (Å²) in [6.45, 7) is 1.45. The van der Waals surface area contributed by atoms with E-state index < -0.39 is 6.10 Å². The van der Waals surface area contributed by atoms with Gasteiger partial charge in [0.1, 0.15) is 12.4 Å². The summed E-state index contributed by atoms with van der Waals surface area (Å²) in [7, 11) is 0. The molecule has 6 nitrogen and oxygen atoms in total. The maximum atomic E-state index is 11.8. The van der Waals surface area contributed by atoms with E-state index in [1.807, 2.05) is 12.1 Å². The second kappa shape index (κ2) is 7.26. The van der Waals surface area contributed by atoms with E-state index in [1.165, 1.54) is 12.8 Å². The highest BCUT2D eigenvalue weighted by molar-refractivity contribution is 5.79. The molecule has 1 aliphatic heterocycles. The van der Waals surface area contributed by atoms with Gasteiger partial charge < -0.3 is 19.6 Å². The molecule has 2 N–H and O–H groups in total. The molecule has 22 heavy (non-hydrogen) atoms. The van der Waals surface area contributed by atoms with E-state index in [2.05, 4.69) is 10.2 Å². The van der Waals surface area contributed by atoms with Crippen LogP contribution >= 0.6 is 0 Å². The molecule has 0 bridgehead atoms. The number of hydrogen-bond acceptors (Lipinski definition) is 5. The Labute approximate surface area is 130 Å². The summed E-state index contributed by atoms with van der Waals surface area (Å²) < 4.78 is 10.7. The predicted molar refractivity (Wildman–Crippen MR) is 80.1 cm³/mol. The average Bonchev–Trinajstić information content (AvgIpc) is 3.00. The first-order valence-corrected chi connectivity index (χ1v) is 8.04. The van der Waals surface area contributed by atoms with Crippen molar-refractivity contribution in [3.8, 4) is 0 Å². The SMILES string of the molecule is O=C1CN(CC(O)COCc2ccco2)C2CCCCC2N1. The molecule has 0 radical (unpaired) electrons. The number of β-amino-alcohol motifs (C(OH)–C–C–N with tert-alkyl or cyclic N) is 1. The van der Waals surface area contributed by atoms with Gasteiger partial charge in [0, 0.05) is 18.6 Å². The zero-order valence-electron chi connectivity index (χ0n) is 12.7. The van der Waals surface area contributed by atoms with Crippen LogP contribution in [0.15, 0.2) is 22.8 Å². The third-order valence-corrected chi connectivity index (χ3v) is 4.47. The maximum Gasteiger partial charge on any atom is 0.234 e. The quantitative estimate of drug-likeness (QED) is 0.817. The number of nitrogens with one attached hydrogen (secondary N) is 1. The number of furan rings is 1. The topological polar surface area (TPSA) is 74.9 Å². The lowest BCUT2D eigenvalue weighted by Gasteiger charge is -2.44. The number of fused-ring (bicyclic) bond motifs is 1. The molecule has 2 aliphatic rings. The standard InChI is InChI=1S/C16H24N2O4/c19-12(10-21-11-13-4-3-7-22-13)8-18-9-16(20)17-14-5-1-2-6-15(14)18/h3-4,7,12,14-15,19H,1-2,5-6,8-11H2,(H,17,20). The second-order valence-corrected chi connectivity index (χ2v) is 6.20. The van der Waals surface area contributed by atoms with Crippen LogP contribution in [-0.2, 0) is 16.1 Å². The van der Waals surface area contributed by atoms with Crippen molar-refractivity contribution in [2.45, 2.75) is 50.5 Å². The molecule has 1 amide bonds. The van der Waals surface area contributed by atoms with Gasteiger partial charge in [-0.25, -0.2) is 0 Å². The fourth-order valence-corrected chi connectivity index (χ4v) is 3.48. The summed E-state index contributed by atoms with van der Waals surface area (Å²) in [6.07, 6.45) is 5.50. The first-order valence-electron chi connectivity index (χ1n) is 8.04. The first-order chi connectivity index (χ1) is 10.7. The number of piperazine rings is 1. The zero-order valence-corrected chi connectivity index (χ0v) is 12.7. The Morgan fingerprint density at radius 1 is 1.45 bits per heavy atom. The molecule has 2 fully saturated rings. The molecule has 1 aromatic heterocycles. The van der Waals surface area contributed by atoms with Crippen molar-refractivity contribution >= 4 is 5.91 Å². The van der Waals surface area contributed by atoms with Crippen molar-refractivity contribution in [3.63, 3.8) is 0 Å². The molecule has 3 rings (SSSR count). The summed E-state index contributed by atoms with van der Waals surface area (Å²) in [5.74, 6) is 0.809. The fraction of sp³-hybridized carbons (Fsp3) is 0.688. The van der Waals surface area contributed by atoms with Gasteiger partial charge in [0.15, 0.2) is 0 Å². The molecule has 3 atom stereocenters. The lowest BCUT2D eigenvalue weighted by molar-refractivity contribution is -0.129. The van der Waals surface area contributed by atoms with Crippen molar-refractivity contribution in [1.29, 1.82) is 0 Å². The highest BCUT2D eigenvalue weighted by atomic mass is 16.5. The Morgan fingerprint density at radius 3 is 3.14 bits per heavy atom. The number of nitrogens with zero attached hydrogens (tertiary/aromatic N) is 1. The van der Waals surface area contributed by atoms with E-state index >= 15 is 0 Å². The van der Waals surface area contributed by atoms with E-state index in [1.54, 1.807) is 6.26 Å². The molecule has 1 saturated heterocycles. The zero-order chi connectivity index (χ0) is 15.4. The van der Waals surface area contributed by atoms with Crippen LogP contribution in [-0.4, -0.2) is 53.8 Å². The lowest BCUT2D eigenvalue weighted by Crippen LogP contribution is -2.62. The Morgan fingerprint density at radius 2 is 2.32 bits per heavy atom. The van der Waals surface area contributed by atoms with E-state index in [4.69, 9.17) is 9.15 Å². The number of rotatable bonds is 6. The Balaban J connectivity index is 1.46. The van der Waals surface area contributed by atoms with Gasteiger partial charge in [-0.3, -0.25) is 9.69 Å². The third kappa shape index (κ3) is 3.88.